The van der Waals surface area contributed by atoms with E-state index < -0.39 is 23.0 Å². The first-order valence-electron chi connectivity index (χ1n) is 18.7. The normalized spacial score (nSPS) is 13.6. The Bertz CT molecular complexity index is 1750. The van der Waals surface area contributed by atoms with Gasteiger partial charge >= 0.3 is 11.9 Å². The molecule has 0 amide bonds. The van der Waals surface area contributed by atoms with Gasteiger partial charge in [-0.3, -0.25) is 0 Å². The van der Waals surface area contributed by atoms with E-state index in [0.717, 1.165) is 33.4 Å². The molecule has 8 nitrogen and oxygen atoms in total. The molecule has 0 aromatic heterocycles. The van der Waals surface area contributed by atoms with Crippen molar-refractivity contribution in [3.63, 3.8) is 0 Å². The quantitative estimate of drug-likeness (QED) is 0.0995. The standard InChI is InChI=1S/C46H56N2O6/c1-11-47(37-21-25-39(51-9)26-22-37)45(43(49)53-13-3,31-29-41-33(5)17-15-18-34(41)6)46(44(50)54-14-4,32-30-42-35(7)19-16-20-36(42)8)48(12-2)38-23-27-40(52-10)28-24-38/h15-32H,11-14H2,1-10H3/b31-29+,32-30?. The van der Waals surface area contributed by atoms with Crippen LogP contribution >= 0.6 is 0 Å². The number of ether oxygens (including phenoxy) is 4. The molecule has 0 saturated carbocycles. The summed E-state index contributed by atoms with van der Waals surface area (Å²) in [5.41, 5.74) is 3.54. The second kappa shape index (κ2) is 18.5. The van der Waals surface area contributed by atoms with Gasteiger partial charge in [-0.1, -0.05) is 48.6 Å². The van der Waals surface area contributed by atoms with E-state index in [0.29, 0.717) is 36.0 Å². The van der Waals surface area contributed by atoms with Crippen molar-refractivity contribution in [2.45, 2.75) is 66.5 Å². The number of hydrogen-bond acceptors (Lipinski definition) is 8. The molecule has 54 heavy (non-hydrogen) atoms. The number of nitrogens with zero attached hydrogens (tertiary/aromatic N) is 2. The summed E-state index contributed by atoms with van der Waals surface area (Å²) in [4.78, 5) is 35.1. The number of benzene rings is 4. The zero-order valence-electron chi connectivity index (χ0n) is 33.6. The highest BCUT2D eigenvalue weighted by atomic mass is 16.5. The Hall–Kier alpha value is -5.50. The molecule has 2 unspecified atom stereocenters. The van der Waals surface area contributed by atoms with Gasteiger partial charge in [0.1, 0.15) is 11.5 Å². The molecule has 0 aliphatic carbocycles. The van der Waals surface area contributed by atoms with E-state index in [4.69, 9.17) is 18.9 Å². The second-order valence-electron chi connectivity index (χ2n) is 13.1. The van der Waals surface area contributed by atoms with Crippen molar-refractivity contribution < 1.29 is 28.5 Å². The number of hydrogen-bond donors (Lipinski definition) is 0. The highest BCUT2D eigenvalue weighted by Gasteiger charge is 2.66. The molecule has 4 rings (SSSR count). The van der Waals surface area contributed by atoms with Crippen LogP contribution in [0.15, 0.2) is 97.1 Å². The van der Waals surface area contributed by atoms with Crippen LogP contribution in [0.3, 0.4) is 0 Å². The molecular formula is C46H56N2O6. The van der Waals surface area contributed by atoms with Crippen molar-refractivity contribution in [2.24, 2.45) is 0 Å². The molecule has 4 aromatic rings. The molecule has 0 bridgehead atoms. The van der Waals surface area contributed by atoms with Gasteiger partial charge in [0, 0.05) is 24.5 Å². The van der Waals surface area contributed by atoms with Crippen LogP contribution in [0.25, 0.3) is 12.2 Å². The number of carbonyl (C=O) groups is 2. The lowest BCUT2D eigenvalue weighted by molar-refractivity contribution is -0.160. The number of rotatable bonds is 17. The fraction of sp³-hybridized carbons (Fsp3) is 0.348. The maximum absolute atomic E-state index is 15.6. The maximum Gasteiger partial charge on any atom is 0.339 e. The predicted molar refractivity (Wildman–Crippen MR) is 221 cm³/mol. The molecule has 0 aliphatic heterocycles. The molecule has 0 aliphatic rings. The number of anilines is 2. The molecule has 8 heteroatoms. The monoisotopic (exact) mass is 732 g/mol. The Kier molecular flexibility index (Phi) is 14.1. The third kappa shape index (κ3) is 8.03. The first-order chi connectivity index (χ1) is 26.0. The molecule has 0 saturated heterocycles. The van der Waals surface area contributed by atoms with E-state index >= 15 is 9.59 Å². The molecule has 0 heterocycles. The summed E-state index contributed by atoms with van der Waals surface area (Å²) >= 11 is 0. The zero-order valence-corrected chi connectivity index (χ0v) is 33.6. The van der Waals surface area contributed by atoms with E-state index in [9.17, 15) is 0 Å². The van der Waals surface area contributed by atoms with Gasteiger partial charge in [0.05, 0.1) is 27.4 Å². The fourth-order valence-electron chi connectivity index (χ4n) is 7.38. The van der Waals surface area contributed by atoms with Crippen molar-refractivity contribution in [2.75, 3.05) is 50.3 Å². The molecule has 0 fully saturated rings. The van der Waals surface area contributed by atoms with E-state index in [1.165, 1.54) is 0 Å². The van der Waals surface area contributed by atoms with E-state index in [2.05, 4.69) is 0 Å². The SMILES string of the molecule is CCOC(=O)C(C=Cc1c(C)cccc1C)(N(CC)c1ccc(OC)cc1)C(/C=C/c1c(C)cccc1C)(C(=O)OCC)N(CC)c1ccc(OC)cc1. The highest BCUT2D eigenvalue weighted by Crippen LogP contribution is 2.45. The first-order valence-corrected chi connectivity index (χ1v) is 18.7. The predicted octanol–water partition coefficient (Wildman–Crippen LogP) is 9.32. The molecule has 0 radical (unpaired) electrons. The fourth-order valence-corrected chi connectivity index (χ4v) is 7.38. The molecule has 0 spiro atoms. The topological polar surface area (TPSA) is 77.5 Å². The zero-order chi connectivity index (χ0) is 39.5. The number of aryl methyl sites for hydroxylation is 4. The van der Waals surface area contributed by atoms with Crippen LogP contribution in [0.1, 0.15) is 61.1 Å². The Labute approximate surface area is 322 Å². The van der Waals surface area contributed by atoms with Gasteiger partial charge in [-0.25, -0.2) is 9.59 Å². The maximum atomic E-state index is 15.6. The lowest BCUT2D eigenvalue weighted by Crippen LogP contribution is -2.77. The van der Waals surface area contributed by atoms with Crippen LogP contribution in [0.5, 0.6) is 11.5 Å². The van der Waals surface area contributed by atoms with Crippen molar-refractivity contribution in [1.82, 2.24) is 0 Å². The number of carbonyl (C=O) groups excluding carboxylic acids is 2. The molecule has 4 aromatic carbocycles. The van der Waals surface area contributed by atoms with Gasteiger partial charge in [-0.2, -0.15) is 0 Å². The molecular weight excluding hydrogens is 677 g/mol. The van der Waals surface area contributed by atoms with Crippen LogP contribution in [0.2, 0.25) is 0 Å². The minimum absolute atomic E-state index is 0.0756. The van der Waals surface area contributed by atoms with Gasteiger partial charge in [-0.05, 0) is 149 Å². The number of likely N-dealkylation sites (N-methyl/N-ethyl adjacent to an activating group) is 2. The minimum Gasteiger partial charge on any atom is -0.497 e. The summed E-state index contributed by atoms with van der Waals surface area (Å²) in [5, 5.41) is 0. The molecule has 0 N–H and O–H groups in total. The third-order valence-electron chi connectivity index (χ3n) is 10.1. The summed E-state index contributed by atoms with van der Waals surface area (Å²) in [5.74, 6) is 0.0814. The van der Waals surface area contributed by atoms with Gasteiger partial charge in [-0.15, -0.1) is 0 Å². The van der Waals surface area contributed by atoms with Crippen molar-refractivity contribution in [3.8, 4) is 11.5 Å². The van der Waals surface area contributed by atoms with Crippen molar-refractivity contribution in [3.05, 3.63) is 130 Å². The first kappa shape index (κ1) is 41.3. The smallest absolute Gasteiger partial charge is 0.339 e. The van der Waals surface area contributed by atoms with Gasteiger partial charge in [0.2, 0.25) is 0 Å². The Morgan fingerprint density at radius 1 is 0.537 bits per heavy atom. The van der Waals surface area contributed by atoms with Crippen LogP contribution in [0.4, 0.5) is 11.4 Å². The van der Waals surface area contributed by atoms with Crippen LogP contribution < -0.4 is 19.3 Å². The Balaban J connectivity index is 2.34. The van der Waals surface area contributed by atoms with E-state index in [-0.39, 0.29) is 13.2 Å². The second-order valence-corrected chi connectivity index (χ2v) is 13.1. The summed E-state index contributed by atoms with van der Waals surface area (Å²) in [7, 11) is 3.22. The summed E-state index contributed by atoms with van der Waals surface area (Å²) in [6, 6.07) is 27.2. The Morgan fingerprint density at radius 2 is 0.852 bits per heavy atom. The summed E-state index contributed by atoms with van der Waals surface area (Å²) < 4.78 is 23.4. The summed E-state index contributed by atoms with van der Waals surface area (Å²) in [6.07, 6.45) is 7.62. The van der Waals surface area contributed by atoms with Gasteiger partial charge in [0.15, 0.2) is 11.1 Å². The van der Waals surface area contributed by atoms with Crippen LogP contribution in [-0.4, -0.2) is 63.5 Å². The van der Waals surface area contributed by atoms with Crippen molar-refractivity contribution >= 4 is 35.5 Å². The largest absolute Gasteiger partial charge is 0.497 e. The van der Waals surface area contributed by atoms with Crippen molar-refractivity contribution in [1.29, 1.82) is 0 Å². The number of methoxy groups -OCH3 is 2. The molecule has 286 valence electrons. The third-order valence-corrected chi connectivity index (χ3v) is 10.1. The number of esters is 2. The lowest BCUT2D eigenvalue weighted by atomic mass is 9.71. The molecule has 2 atom stereocenters. The lowest BCUT2D eigenvalue weighted by Gasteiger charge is -2.55. The van der Waals surface area contributed by atoms with Gasteiger partial charge < -0.3 is 28.7 Å². The minimum atomic E-state index is -1.88. The summed E-state index contributed by atoms with van der Waals surface area (Å²) in [6.45, 7) is 16.4. The van der Waals surface area contributed by atoms with E-state index in [1.807, 2.05) is 161 Å². The highest BCUT2D eigenvalue weighted by molar-refractivity contribution is 6.05. The van der Waals surface area contributed by atoms with E-state index in [1.54, 1.807) is 28.1 Å². The average molecular weight is 733 g/mol. The van der Waals surface area contributed by atoms with Crippen LogP contribution in [-0.2, 0) is 19.1 Å². The van der Waals surface area contributed by atoms with Crippen LogP contribution in [0, 0.1) is 27.7 Å². The average Bonchev–Trinajstić information content (AvgIpc) is 3.17. The van der Waals surface area contributed by atoms with Gasteiger partial charge in [0.25, 0.3) is 0 Å². The Morgan fingerprint density at radius 3 is 1.11 bits per heavy atom.